The van der Waals surface area contributed by atoms with Crippen molar-refractivity contribution in [1.29, 1.82) is 0 Å². The van der Waals surface area contributed by atoms with Gasteiger partial charge in [-0.3, -0.25) is 19.1 Å². The SMILES string of the molecule is CC(C)(C)C(NC(=O)c1nn(CC(=O)c2ccccc2)c2ccccc12)C(=O)NCCO. The van der Waals surface area contributed by atoms with E-state index in [1.54, 1.807) is 42.5 Å². The number of benzene rings is 2. The Morgan fingerprint density at radius 1 is 1.03 bits per heavy atom. The molecule has 0 aliphatic rings. The Morgan fingerprint density at radius 2 is 1.69 bits per heavy atom. The standard InChI is InChI=1S/C24H28N4O4/c1-24(2,3)21(23(32)25-13-14-29)26-22(31)20-17-11-7-8-12-18(17)28(27-20)15-19(30)16-9-5-4-6-10-16/h4-12,21,29H,13-15H2,1-3H3,(H,25,32)(H,26,31). The number of Topliss-reactive ketones (excluding diaryl/α,β-unsaturated/α-hetero) is 1. The van der Waals surface area contributed by atoms with E-state index in [9.17, 15) is 14.4 Å². The fourth-order valence-electron chi connectivity index (χ4n) is 3.42. The van der Waals surface area contributed by atoms with Crippen LogP contribution in [-0.2, 0) is 11.3 Å². The summed E-state index contributed by atoms with van der Waals surface area (Å²) in [5, 5.41) is 19.4. The number of fused-ring (bicyclic) bond motifs is 1. The topological polar surface area (TPSA) is 113 Å². The molecule has 2 amide bonds. The van der Waals surface area contributed by atoms with Crippen LogP contribution in [0.4, 0.5) is 0 Å². The second-order valence-corrected chi connectivity index (χ2v) is 8.60. The molecule has 0 aliphatic heterocycles. The highest BCUT2D eigenvalue weighted by Crippen LogP contribution is 2.22. The van der Waals surface area contributed by atoms with Gasteiger partial charge in [-0.05, 0) is 11.5 Å². The Kier molecular flexibility index (Phi) is 7.05. The zero-order valence-corrected chi connectivity index (χ0v) is 18.5. The fraction of sp³-hybridized carbons (Fsp3) is 0.333. The van der Waals surface area contributed by atoms with Crippen LogP contribution in [0.25, 0.3) is 10.9 Å². The predicted molar refractivity (Wildman–Crippen MR) is 121 cm³/mol. The summed E-state index contributed by atoms with van der Waals surface area (Å²) in [6.45, 7) is 5.40. The van der Waals surface area contributed by atoms with Gasteiger partial charge in [0.05, 0.1) is 12.1 Å². The molecule has 1 heterocycles. The van der Waals surface area contributed by atoms with E-state index < -0.39 is 17.4 Å². The first-order valence-corrected chi connectivity index (χ1v) is 10.5. The van der Waals surface area contributed by atoms with E-state index in [0.29, 0.717) is 16.5 Å². The minimum atomic E-state index is -0.837. The van der Waals surface area contributed by atoms with Crippen LogP contribution in [0.1, 0.15) is 41.6 Å². The number of rotatable bonds is 8. The summed E-state index contributed by atoms with van der Waals surface area (Å²) in [7, 11) is 0. The van der Waals surface area contributed by atoms with Gasteiger partial charge in [0.1, 0.15) is 12.6 Å². The highest BCUT2D eigenvalue weighted by Gasteiger charge is 2.34. The van der Waals surface area contributed by atoms with E-state index in [0.717, 1.165) is 0 Å². The number of nitrogens with zero attached hydrogens (tertiary/aromatic N) is 2. The van der Waals surface area contributed by atoms with Crippen LogP contribution in [0.15, 0.2) is 54.6 Å². The van der Waals surface area contributed by atoms with Crippen LogP contribution in [0.2, 0.25) is 0 Å². The van der Waals surface area contributed by atoms with Gasteiger partial charge in [-0.1, -0.05) is 69.3 Å². The van der Waals surface area contributed by atoms with Crippen LogP contribution in [-0.4, -0.2) is 51.7 Å². The number of hydrogen-bond acceptors (Lipinski definition) is 5. The van der Waals surface area contributed by atoms with Gasteiger partial charge in [-0.2, -0.15) is 5.10 Å². The average molecular weight is 437 g/mol. The molecular formula is C24H28N4O4. The molecule has 1 atom stereocenters. The molecule has 0 saturated carbocycles. The molecule has 2 aromatic carbocycles. The number of aromatic nitrogens is 2. The molecule has 1 aromatic heterocycles. The molecule has 3 N–H and O–H groups in total. The molecule has 3 rings (SSSR count). The van der Waals surface area contributed by atoms with E-state index in [-0.39, 0.29) is 37.1 Å². The molecule has 8 heteroatoms. The number of carbonyl (C=O) groups excluding carboxylic acids is 3. The summed E-state index contributed by atoms with van der Waals surface area (Å²) >= 11 is 0. The number of para-hydroxylation sites is 1. The van der Waals surface area contributed by atoms with Crippen molar-refractivity contribution in [3.63, 3.8) is 0 Å². The normalized spacial score (nSPS) is 12.4. The summed E-state index contributed by atoms with van der Waals surface area (Å²) in [5.74, 6) is -1.02. The van der Waals surface area contributed by atoms with Crippen molar-refractivity contribution >= 4 is 28.5 Å². The first-order valence-electron chi connectivity index (χ1n) is 10.5. The molecule has 0 fully saturated rings. The zero-order valence-electron chi connectivity index (χ0n) is 18.5. The largest absolute Gasteiger partial charge is 0.395 e. The van der Waals surface area contributed by atoms with Gasteiger partial charge >= 0.3 is 0 Å². The summed E-state index contributed by atoms with van der Waals surface area (Å²) in [6.07, 6.45) is 0. The first-order chi connectivity index (χ1) is 15.2. The number of aliphatic hydroxyl groups excluding tert-OH is 1. The minimum Gasteiger partial charge on any atom is -0.395 e. The van der Waals surface area contributed by atoms with Gasteiger partial charge in [0, 0.05) is 17.5 Å². The quantitative estimate of drug-likeness (QED) is 0.469. The van der Waals surface area contributed by atoms with Crippen LogP contribution < -0.4 is 10.6 Å². The Hall–Kier alpha value is -3.52. The highest BCUT2D eigenvalue weighted by atomic mass is 16.3. The number of nitrogens with one attached hydrogen (secondary N) is 2. The molecule has 3 aromatic rings. The Labute approximate surface area is 186 Å². The Balaban J connectivity index is 1.90. The van der Waals surface area contributed by atoms with E-state index in [2.05, 4.69) is 15.7 Å². The number of hydrogen-bond donors (Lipinski definition) is 3. The molecule has 1 unspecified atom stereocenters. The van der Waals surface area contributed by atoms with Gasteiger partial charge in [0.2, 0.25) is 5.91 Å². The number of carbonyl (C=O) groups is 3. The fourth-order valence-corrected chi connectivity index (χ4v) is 3.42. The summed E-state index contributed by atoms with van der Waals surface area (Å²) in [5.41, 5.74) is 0.785. The maximum absolute atomic E-state index is 13.2. The summed E-state index contributed by atoms with van der Waals surface area (Å²) in [6, 6.07) is 15.2. The van der Waals surface area contributed by atoms with Crippen LogP contribution >= 0.6 is 0 Å². The van der Waals surface area contributed by atoms with E-state index in [1.165, 1.54) is 4.68 Å². The van der Waals surface area contributed by atoms with Gasteiger partial charge < -0.3 is 15.7 Å². The molecule has 0 saturated heterocycles. The third kappa shape index (κ3) is 5.20. The lowest BCUT2D eigenvalue weighted by atomic mass is 9.86. The van der Waals surface area contributed by atoms with Crippen molar-refractivity contribution in [3.05, 3.63) is 65.9 Å². The van der Waals surface area contributed by atoms with E-state index >= 15 is 0 Å². The second kappa shape index (κ2) is 9.74. The van der Waals surface area contributed by atoms with Crippen LogP contribution in [0.3, 0.4) is 0 Å². The minimum absolute atomic E-state index is 0.0164. The van der Waals surface area contributed by atoms with E-state index in [4.69, 9.17) is 5.11 Å². The average Bonchev–Trinajstić information content (AvgIpc) is 3.14. The maximum atomic E-state index is 13.2. The maximum Gasteiger partial charge on any atom is 0.273 e. The molecular weight excluding hydrogens is 408 g/mol. The van der Waals surface area contributed by atoms with Gasteiger partial charge in [0.15, 0.2) is 11.5 Å². The lowest BCUT2D eigenvalue weighted by Crippen LogP contribution is -2.54. The van der Waals surface area contributed by atoms with Crippen molar-refractivity contribution in [1.82, 2.24) is 20.4 Å². The molecule has 32 heavy (non-hydrogen) atoms. The Morgan fingerprint density at radius 3 is 2.34 bits per heavy atom. The lowest BCUT2D eigenvalue weighted by molar-refractivity contribution is -0.125. The van der Waals surface area contributed by atoms with E-state index in [1.807, 2.05) is 32.9 Å². The van der Waals surface area contributed by atoms with Crippen LogP contribution in [0, 0.1) is 5.41 Å². The van der Waals surface area contributed by atoms with Crippen LogP contribution in [0.5, 0.6) is 0 Å². The van der Waals surface area contributed by atoms with Crippen molar-refractivity contribution in [2.75, 3.05) is 13.2 Å². The predicted octanol–water partition coefficient (Wildman–Crippen LogP) is 2.17. The molecule has 0 bridgehead atoms. The number of aliphatic hydroxyl groups is 1. The molecule has 0 aliphatic carbocycles. The van der Waals surface area contributed by atoms with Crippen molar-refractivity contribution in [2.45, 2.75) is 33.4 Å². The lowest BCUT2D eigenvalue weighted by Gasteiger charge is -2.30. The number of amides is 2. The highest BCUT2D eigenvalue weighted by molar-refractivity contribution is 6.06. The van der Waals surface area contributed by atoms with Crippen molar-refractivity contribution in [2.24, 2.45) is 5.41 Å². The summed E-state index contributed by atoms with van der Waals surface area (Å²) < 4.78 is 1.51. The zero-order chi connectivity index (χ0) is 23.3. The first kappa shape index (κ1) is 23.1. The van der Waals surface area contributed by atoms with Gasteiger partial charge in [-0.15, -0.1) is 0 Å². The van der Waals surface area contributed by atoms with Crippen molar-refractivity contribution in [3.8, 4) is 0 Å². The van der Waals surface area contributed by atoms with Gasteiger partial charge in [0.25, 0.3) is 5.91 Å². The Bertz CT molecular complexity index is 1120. The molecule has 0 spiro atoms. The molecule has 168 valence electrons. The van der Waals surface area contributed by atoms with Crippen molar-refractivity contribution < 1.29 is 19.5 Å². The third-order valence-electron chi connectivity index (χ3n) is 5.08. The molecule has 0 radical (unpaired) electrons. The third-order valence-corrected chi connectivity index (χ3v) is 5.08. The smallest absolute Gasteiger partial charge is 0.273 e. The summed E-state index contributed by atoms with van der Waals surface area (Å²) in [4.78, 5) is 38.4. The monoisotopic (exact) mass is 436 g/mol. The molecule has 8 nitrogen and oxygen atoms in total. The second-order valence-electron chi connectivity index (χ2n) is 8.60. The number of ketones is 1. The van der Waals surface area contributed by atoms with Gasteiger partial charge in [-0.25, -0.2) is 0 Å².